The lowest BCUT2D eigenvalue weighted by molar-refractivity contribution is -0.139. The van der Waals surface area contributed by atoms with Crippen LogP contribution in [0.5, 0.6) is 5.75 Å². The average Bonchev–Trinajstić information content (AvgIpc) is 3.21. The summed E-state index contributed by atoms with van der Waals surface area (Å²) in [6.07, 6.45) is 2.48. The summed E-state index contributed by atoms with van der Waals surface area (Å²) >= 11 is 0. The summed E-state index contributed by atoms with van der Waals surface area (Å²) in [4.78, 5) is 24.6. The number of hydrogen-bond donors (Lipinski definition) is 1. The summed E-state index contributed by atoms with van der Waals surface area (Å²) in [5, 5.41) is 10.7. The number of esters is 1. The normalized spacial score (nSPS) is 22.4. The van der Waals surface area contributed by atoms with Gasteiger partial charge in [-0.05, 0) is 36.8 Å². The van der Waals surface area contributed by atoms with Gasteiger partial charge in [-0.25, -0.2) is 4.79 Å². The molecule has 2 aromatic rings. The molecular formula is C21H22O6. The smallest absolute Gasteiger partial charge is 0.338 e. The molecular weight excluding hydrogens is 348 g/mol. The maximum atomic E-state index is 12.5. The Morgan fingerprint density at radius 1 is 1.30 bits per heavy atom. The Morgan fingerprint density at radius 2 is 2.04 bits per heavy atom. The first-order chi connectivity index (χ1) is 13.1. The Morgan fingerprint density at radius 3 is 2.59 bits per heavy atom. The number of ether oxygens (including phenoxy) is 2. The van der Waals surface area contributed by atoms with E-state index in [0.717, 1.165) is 11.8 Å². The van der Waals surface area contributed by atoms with Crippen molar-refractivity contribution in [2.45, 2.75) is 25.2 Å². The first-order valence-corrected chi connectivity index (χ1v) is 8.82. The van der Waals surface area contributed by atoms with Crippen molar-refractivity contribution >= 4 is 12.3 Å². The van der Waals surface area contributed by atoms with E-state index in [1.807, 2.05) is 12.1 Å². The maximum Gasteiger partial charge on any atom is 0.338 e. The molecule has 0 amide bonds. The number of rotatable bonds is 6. The molecule has 1 heterocycles. The minimum Gasteiger partial charge on any atom is -0.512 e. The molecule has 0 radical (unpaired) electrons. The van der Waals surface area contributed by atoms with Crippen LogP contribution in [0.25, 0.3) is 0 Å². The summed E-state index contributed by atoms with van der Waals surface area (Å²) < 4.78 is 15.8. The van der Waals surface area contributed by atoms with Crippen molar-refractivity contribution in [2.24, 2.45) is 5.92 Å². The molecule has 1 aromatic heterocycles. The van der Waals surface area contributed by atoms with Gasteiger partial charge in [-0.3, -0.25) is 0 Å². The van der Waals surface area contributed by atoms with Gasteiger partial charge in [-0.2, -0.15) is 0 Å². The molecule has 0 saturated carbocycles. The zero-order valence-electron chi connectivity index (χ0n) is 15.3. The van der Waals surface area contributed by atoms with Crippen LogP contribution in [0.2, 0.25) is 0 Å². The number of allylic oxidation sites excluding steroid dienone is 1. The van der Waals surface area contributed by atoms with Crippen molar-refractivity contribution in [3.8, 4) is 5.75 Å². The topological polar surface area (TPSA) is 86.0 Å². The number of aliphatic hydroxyl groups excluding tert-OH is 1. The summed E-state index contributed by atoms with van der Waals surface area (Å²) in [6.45, 7) is 1.87. The van der Waals surface area contributed by atoms with Crippen LogP contribution in [-0.4, -0.2) is 31.1 Å². The van der Waals surface area contributed by atoms with Crippen molar-refractivity contribution in [1.29, 1.82) is 0 Å². The number of hydrogen-bond acceptors (Lipinski definition) is 6. The van der Waals surface area contributed by atoms with Gasteiger partial charge in [0.1, 0.15) is 23.6 Å². The monoisotopic (exact) mass is 370 g/mol. The Labute approximate surface area is 157 Å². The van der Waals surface area contributed by atoms with E-state index in [1.165, 1.54) is 6.26 Å². The third-order valence-electron chi connectivity index (χ3n) is 4.93. The van der Waals surface area contributed by atoms with E-state index in [-0.39, 0.29) is 30.3 Å². The number of aliphatic hydroxyl groups is 1. The van der Waals surface area contributed by atoms with Crippen LogP contribution in [0.3, 0.4) is 0 Å². The average molecular weight is 370 g/mol. The van der Waals surface area contributed by atoms with Gasteiger partial charge in [0.25, 0.3) is 0 Å². The van der Waals surface area contributed by atoms with Crippen molar-refractivity contribution in [3.05, 3.63) is 65.3 Å². The van der Waals surface area contributed by atoms with Gasteiger partial charge in [0.05, 0.1) is 31.5 Å². The van der Waals surface area contributed by atoms with E-state index in [2.05, 4.69) is 0 Å². The zero-order chi connectivity index (χ0) is 19.4. The first-order valence-electron chi connectivity index (χ1n) is 8.82. The quantitative estimate of drug-likeness (QED) is 0.616. The molecule has 6 heteroatoms. The van der Waals surface area contributed by atoms with Gasteiger partial charge in [-0.15, -0.1) is 0 Å². The van der Waals surface area contributed by atoms with E-state index in [4.69, 9.17) is 13.9 Å². The Bertz CT molecular complexity index is 819. The minimum atomic E-state index is -0.711. The maximum absolute atomic E-state index is 12.5. The summed E-state index contributed by atoms with van der Waals surface area (Å²) in [5.74, 6) is -1.16. The zero-order valence-corrected chi connectivity index (χ0v) is 15.3. The van der Waals surface area contributed by atoms with E-state index in [1.54, 1.807) is 38.3 Å². The lowest BCUT2D eigenvalue weighted by Crippen LogP contribution is -2.32. The molecule has 1 aliphatic rings. The van der Waals surface area contributed by atoms with Crippen molar-refractivity contribution in [3.63, 3.8) is 0 Å². The number of carbonyl (C=O) groups excluding carboxylic acids is 2. The van der Waals surface area contributed by atoms with E-state index in [0.29, 0.717) is 11.5 Å². The summed E-state index contributed by atoms with van der Waals surface area (Å²) in [7, 11) is 1.58. The fourth-order valence-electron chi connectivity index (χ4n) is 3.68. The molecule has 1 N–H and O–H groups in total. The molecule has 0 fully saturated rings. The van der Waals surface area contributed by atoms with Crippen LogP contribution < -0.4 is 4.74 Å². The van der Waals surface area contributed by atoms with E-state index in [9.17, 15) is 14.7 Å². The molecule has 3 rings (SSSR count). The van der Waals surface area contributed by atoms with Crippen LogP contribution in [0.1, 0.15) is 36.5 Å². The van der Waals surface area contributed by atoms with Crippen LogP contribution in [0.15, 0.2) is 58.4 Å². The Hall–Kier alpha value is -3.02. The fraction of sp³-hybridized carbons (Fsp3) is 0.333. The number of methoxy groups -OCH3 is 1. The predicted molar refractivity (Wildman–Crippen MR) is 97.6 cm³/mol. The highest BCUT2D eigenvalue weighted by Crippen LogP contribution is 2.48. The predicted octanol–water partition coefficient (Wildman–Crippen LogP) is 3.75. The highest BCUT2D eigenvalue weighted by atomic mass is 16.5. The van der Waals surface area contributed by atoms with Gasteiger partial charge >= 0.3 is 5.97 Å². The van der Waals surface area contributed by atoms with Gasteiger partial charge in [0.15, 0.2) is 0 Å². The summed E-state index contributed by atoms with van der Waals surface area (Å²) in [6, 6.07) is 10.7. The molecule has 0 spiro atoms. The highest BCUT2D eigenvalue weighted by Gasteiger charge is 2.44. The van der Waals surface area contributed by atoms with Gasteiger partial charge in [-0.1, -0.05) is 12.1 Å². The van der Waals surface area contributed by atoms with Crippen LogP contribution in [0.4, 0.5) is 0 Å². The van der Waals surface area contributed by atoms with Crippen LogP contribution >= 0.6 is 0 Å². The number of furan rings is 1. The van der Waals surface area contributed by atoms with Gasteiger partial charge < -0.3 is 23.8 Å². The highest BCUT2D eigenvalue weighted by molar-refractivity contribution is 5.92. The number of aldehydes is 1. The minimum absolute atomic E-state index is 0.0752. The molecule has 6 nitrogen and oxygen atoms in total. The van der Waals surface area contributed by atoms with Crippen LogP contribution in [-0.2, 0) is 14.3 Å². The molecule has 27 heavy (non-hydrogen) atoms. The molecule has 1 aromatic carbocycles. The Kier molecular flexibility index (Phi) is 5.64. The van der Waals surface area contributed by atoms with Crippen molar-refractivity contribution in [1.82, 2.24) is 0 Å². The van der Waals surface area contributed by atoms with Crippen molar-refractivity contribution < 1.29 is 28.6 Å². The summed E-state index contributed by atoms with van der Waals surface area (Å²) in [5.41, 5.74) is 0.965. The third kappa shape index (κ3) is 3.60. The number of carbonyl (C=O) groups is 2. The molecule has 3 atom stereocenters. The largest absolute Gasteiger partial charge is 0.512 e. The molecule has 1 aliphatic carbocycles. The second-order valence-electron chi connectivity index (χ2n) is 6.37. The van der Waals surface area contributed by atoms with E-state index < -0.39 is 17.8 Å². The molecule has 142 valence electrons. The second kappa shape index (κ2) is 8.12. The molecule has 0 bridgehead atoms. The molecule has 0 aliphatic heterocycles. The fourth-order valence-corrected chi connectivity index (χ4v) is 3.68. The molecule has 0 unspecified atom stereocenters. The molecule has 0 saturated heterocycles. The SMILES string of the molecule is CCOC(=O)C1=C(O)C[C@H](c2ccc(OC)cc2)[C@@H](C=O)[C@H]1c1ccco1. The standard InChI is InChI=1S/C21H22O6/c1-3-26-21(24)20-17(23)11-15(13-6-8-14(25-2)9-7-13)16(12-22)19(20)18-5-4-10-27-18/h4-10,12,15-16,19,23H,3,11H2,1-2H3/t15-,16-,19+/m1/s1. The van der Waals surface area contributed by atoms with Crippen LogP contribution in [0, 0.1) is 5.92 Å². The lowest BCUT2D eigenvalue weighted by Gasteiger charge is -2.35. The number of benzene rings is 1. The third-order valence-corrected chi connectivity index (χ3v) is 4.93. The van der Waals surface area contributed by atoms with Gasteiger partial charge in [0, 0.05) is 18.3 Å². The lowest BCUT2D eigenvalue weighted by atomic mass is 9.68. The van der Waals surface area contributed by atoms with Crippen molar-refractivity contribution in [2.75, 3.05) is 13.7 Å². The first kappa shape index (κ1) is 18.8. The van der Waals surface area contributed by atoms with Gasteiger partial charge in [0.2, 0.25) is 0 Å². The second-order valence-corrected chi connectivity index (χ2v) is 6.37. The van der Waals surface area contributed by atoms with E-state index >= 15 is 0 Å². The Balaban J connectivity index is 2.08.